The van der Waals surface area contributed by atoms with Crippen LogP contribution in [0.15, 0.2) is 67.1 Å². The topological polar surface area (TPSA) is 77.1 Å². The number of pyridine rings is 2. The van der Waals surface area contributed by atoms with Crippen LogP contribution in [0.5, 0.6) is 0 Å². The fourth-order valence-corrected chi connectivity index (χ4v) is 3.88. The molecular weight excluding hydrogens is 424 g/mol. The number of carbonyl (C=O) groups excluding carboxylic acids is 1. The quantitative estimate of drug-likeness (QED) is 0.418. The van der Waals surface area contributed by atoms with Crippen LogP contribution in [0.25, 0.3) is 27.9 Å². The summed E-state index contributed by atoms with van der Waals surface area (Å²) in [5, 5.41) is 8.81. The minimum absolute atomic E-state index is 0.117. The molecule has 0 atom stereocenters. The van der Waals surface area contributed by atoms with Gasteiger partial charge < -0.3 is 9.72 Å². The number of rotatable bonds is 5. The molecule has 7 nitrogen and oxygen atoms in total. The lowest BCUT2D eigenvalue weighted by atomic mass is 10.1. The van der Waals surface area contributed by atoms with Crippen LogP contribution < -0.4 is 5.32 Å². The van der Waals surface area contributed by atoms with Crippen molar-refractivity contribution in [2.45, 2.75) is 26.4 Å². The van der Waals surface area contributed by atoms with Crippen molar-refractivity contribution in [1.82, 2.24) is 29.5 Å². The molecule has 5 rings (SSSR count). The molecular formula is C24H21ClN6O. The molecule has 0 unspecified atom stereocenters. The SMILES string of the molecule is CC(C)n1ncc2c(C(=O)NCc3cn4cc(Cl)ccc4n3)cc(-c3ccccc3)nc21. The molecule has 0 spiro atoms. The standard InChI is InChI=1S/C24H21ClN6O/c1-15(2)31-23-20(12-27-31)19(10-21(29-23)16-6-4-3-5-7-16)24(32)26-11-18-14-30-13-17(25)8-9-22(30)28-18/h3-10,12-15H,11H2,1-2H3,(H,26,32). The number of halogens is 1. The Morgan fingerprint density at radius 3 is 2.69 bits per heavy atom. The summed E-state index contributed by atoms with van der Waals surface area (Å²) >= 11 is 6.05. The van der Waals surface area contributed by atoms with E-state index >= 15 is 0 Å². The van der Waals surface area contributed by atoms with Crippen LogP contribution in [0.4, 0.5) is 0 Å². The Hall–Kier alpha value is -3.71. The average Bonchev–Trinajstić information content (AvgIpc) is 3.41. The Labute approximate surface area is 189 Å². The Kier molecular flexibility index (Phi) is 5.11. The summed E-state index contributed by atoms with van der Waals surface area (Å²) in [5.74, 6) is -0.201. The van der Waals surface area contributed by atoms with Crippen molar-refractivity contribution in [2.75, 3.05) is 0 Å². The van der Waals surface area contributed by atoms with E-state index in [1.807, 2.05) is 71.6 Å². The lowest BCUT2D eigenvalue weighted by molar-refractivity contribution is 0.0952. The molecule has 0 saturated heterocycles. The highest BCUT2D eigenvalue weighted by molar-refractivity contribution is 6.30. The van der Waals surface area contributed by atoms with E-state index in [9.17, 15) is 4.79 Å². The number of amides is 1. The summed E-state index contributed by atoms with van der Waals surface area (Å²) in [6.45, 7) is 4.37. The number of nitrogens with one attached hydrogen (secondary N) is 1. The number of imidazole rings is 1. The fourth-order valence-electron chi connectivity index (χ4n) is 3.71. The number of aromatic nitrogens is 5. The molecule has 0 bridgehead atoms. The van der Waals surface area contributed by atoms with Crippen LogP contribution in [0, 0.1) is 0 Å². The third-order valence-corrected chi connectivity index (χ3v) is 5.49. The van der Waals surface area contributed by atoms with Gasteiger partial charge in [-0.05, 0) is 32.0 Å². The molecule has 1 aromatic carbocycles. The average molecular weight is 445 g/mol. The minimum atomic E-state index is -0.201. The molecule has 0 saturated carbocycles. The number of hydrogen-bond donors (Lipinski definition) is 1. The highest BCUT2D eigenvalue weighted by Crippen LogP contribution is 2.26. The Bertz CT molecular complexity index is 1440. The number of nitrogens with zero attached hydrogens (tertiary/aromatic N) is 5. The summed E-state index contributed by atoms with van der Waals surface area (Å²) in [7, 11) is 0. The first-order valence-corrected chi connectivity index (χ1v) is 10.7. The first-order valence-electron chi connectivity index (χ1n) is 10.3. The molecule has 32 heavy (non-hydrogen) atoms. The van der Waals surface area contributed by atoms with Gasteiger partial charge in [0.05, 0.1) is 40.1 Å². The van der Waals surface area contributed by atoms with Gasteiger partial charge in [-0.25, -0.2) is 14.6 Å². The van der Waals surface area contributed by atoms with Gasteiger partial charge in [0.25, 0.3) is 5.91 Å². The zero-order chi connectivity index (χ0) is 22.2. The van der Waals surface area contributed by atoms with Crippen LogP contribution in [-0.4, -0.2) is 30.1 Å². The summed E-state index contributed by atoms with van der Waals surface area (Å²) in [6.07, 6.45) is 5.35. The van der Waals surface area contributed by atoms with Crippen molar-refractivity contribution in [3.63, 3.8) is 0 Å². The van der Waals surface area contributed by atoms with Gasteiger partial charge in [-0.1, -0.05) is 41.9 Å². The predicted octanol–water partition coefficient (Wildman–Crippen LogP) is 4.91. The van der Waals surface area contributed by atoms with Crippen LogP contribution >= 0.6 is 11.6 Å². The fraction of sp³-hybridized carbons (Fsp3) is 0.167. The maximum Gasteiger partial charge on any atom is 0.252 e. The van der Waals surface area contributed by atoms with Crippen molar-refractivity contribution < 1.29 is 4.79 Å². The zero-order valence-electron chi connectivity index (χ0n) is 17.7. The molecule has 1 N–H and O–H groups in total. The molecule has 5 aromatic rings. The van der Waals surface area contributed by atoms with E-state index in [0.29, 0.717) is 22.8 Å². The van der Waals surface area contributed by atoms with Crippen molar-refractivity contribution >= 4 is 34.2 Å². The van der Waals surface area contributed by atoms with Gasteiger partial charge in [-0.3, -0.25) is 4.79 Å². The Balaban J connectivity index is 1.50. The van der Waals surface area contributed by atoms with E-state index < -0.39 is 0 Å². The van der Waals surface area contributed by atoms with E-state index in [1.165, 1.54) is 0 Å². The molecule has 1 amide bonds. The van der Waals surface area contributed by atoms with Crippen LogP contribution in [-0.2, 0) is 6.54 Å². The monoisotopic (exact) mass is 444 g/mol. The molecule has 0 fully saturated rings. The Morgan fingerprint density at radius 2 is 1.91 bits per heavy atom. The van der Waals surface area contributed by atoms with E-state index in [1.54, 1.807) is 18.5 Å². The lowest BCUT2D eigenvalue weighted by Gasteiger charge is -2.11. The summed E-state index contributed by atoms with van der Waals surface area (Å²) in [6, 6.07) is 15.4. The second-order valence-electron chi connectivity index (χ2n) is 7.87. The molecule has 160 valence electrons. The highest BCUT2D eigenvalue weighted by Gasteiger charge is 2.18. The van der Waals surface area contributed by atoms with Crippen molar-refractivity contribution in [3.05, 3.63) is 83.4 Å². The number of carbonyl (C=O) groups is 1. The molecule has 0 aliphatic carbocycles. The van der Waals surface area contributed by atoms with Crippen LogP contribution in [0.1, 0.15) is 35.9 Å². The molecule has 0 aliphatic rings. The second kappa shape index (κ2) is 8.09. The second-order valence-corrected chi connectivity index (χ2v) is 8.31. The van der Waals surface area contributed by atoms with E-state index in [0.717, 1.165) is 28.0 Å². The maximum atomic E-state index is 13.2. The van der Waals surface area contributed by atoms with E-state index in [-0.39, 0.29) is 11.9 Å². The van der Waals surface area contributed by atoms with Gasteiger partial charge in [0.1, 0.15) is 5.65 Å². The van der Waals surface area contributed by atoms with Gasteiger partial charge >= 0.3 is 0 Å². The van der Waals surface area contributed by atoms with E-state index in [2.05, 4.69) is 15.4 Å². The van der Waals surface area contributed by atoms with Crippen molar-refractivity contribution in [2.24, 2.45) is 0 Å². The van der Waals surface area contributed by atoms with Crippen LogP contribution in [0.3, 0.4) is 0 Å². The summed E-state index contributed by atoms with van der Waals surface area (Å²) in [4.78, 5) is 22.6. The van der Waals surface area contributed by atoms with Crippen molar-refractivity contribution in [3.8, 4) is 11.3 Å². The van der Waals surface area contributed by atoms with Gasteiger partial charge in [-0.2, -0.15) is 5.10 Å². The molecule has 0 aliphatic heterocycles. The maximum absolute atomic E-state index is 13.2. The highest BCUT2D eigenvalue weighted by atomic mass is 35.5. The summed E-state index contributed by atoms with van der Waals surface area (Å²) in [5.41, 5.74) is 4.41. The normalized spacial score (nSPS) is 11.5. The van der Waals surface area contributed by atoms with Crippen molar-refractivity contribution in [1.29, 1.82) is 0 Å². The van der Waals surface area contributed by atoms with E-state index in [4.69, 9.17) is 16.6 Å². The minimum Gasteiger partial charge on any atom is -0.346 e. The molecule has 4 aromatic heterocycles. The molecule has 0 radical (unpaired) electrons. The molecule has 4 heterocycles. The first kappa shape index (κ1) is 20.2. The van der Waals surface area contributed by atoms with Gasteiger partial charge in [-0.15, -0.1) is 0 Å². The largest absolute Gasteiger partial charge is 0.346 e. The first-order chi connectivity index (χ1) is 15.5. The smallest absolute Gasteiger partial charge is 0.252 e. The van der Waals surface area contributed by atoms with Crippen LogP contribution in [0.2, 0.25) is 5.02 Å². The van der Waals surface area contributed by atoms with Gasteiger partial charge in [0, 0.05) is 24.0 Å². The number of fused-ring (bicyclic) bond motifs is 2. The zero-order valence-corrected chi connectivity index (χ0v) is 18.4. The molecule has 8 heteroatoms. The van der Waals surface area contributed by atoms with Gasteiger partial charge in [0.2, 0.25) is 0 Å². The van der Waals surface area contributed by atoms with Gasteiger partial charge in [0.15, 0.2) is 5.65 Å². The summed E-state index contributed by atoms with van der Waals surface area (Å²) < 4.78 is 3.68. The predicted molar refractivity (Wildman–Crippen MR) is 125 cm³/mol. The third-order valence-electron chi connectivity index (χ3n) is 5.26. The Morgan fingerprint density at radius 1 is 1.09 bits per heavy atom. The lowest BCUT2D eigenvalue weighted by Crippen LogP contribution is -2.23. The number of benzene rings is 1. The third kappa shape index (κ3) is 3.71. The number of hydrogen-bond acceptors (Lipinski definition) is 4.